The fraction of sp³-hybridized carbons (Fsp3) is 0.343. The highest BCUT2D eigenvalue weighted by Gasteiger charge is 2.56. The molecule has 1 fully saturated rings. The lowest BCUT2D eigenvalue weighted by Gasteiger charge is -2.17. The summed E-state index contributed by atoms with van der Waals surface area (Å²) in [5, 5.41) is 8.88. The number of nitrogens with one attached hydrogen (secondary N) is 3. The highest BCUT2D eigenvalue weighted by atomic mass is 31.2. The summed E-state index contributed by atoms with van der Waals surface area (Å²) in [6.45, 7) is 4.87. The molecular weight excluding hydrogens is 673 g/mol. The number of amides is 2. The molecule has 0 unspecified atom stereocenters. The molecule has 0 radical (unpaired) electrons. The molecule has 0 spiro atoms. The van der Waals surface area contributed by atoms with Crippen molar-refractivity contribution in [3.8, 4) is 23.0 Å². The quantitative estimate of drug-likeness (QED) is 0.0548. The van der Waals surface area contributed by atoms with Crippen LogP contribution in [0.4, 0.5) is 20.2 Å². The van der Waals surface area contributed by atoms with Gasteiger partial charge in [0.15, 0.2) is 23.1 Å². The molecule has 1 heterocycles. The summed E-state index contributed by atoms with van der Waals surface area (Å²) < 4.78 is 69.2. The molecule has 1 aliphatic carbocycles. The van der Waals surface area contributed by atoms with E-state index < -0.39 is 36.5 Å². The molecular formula is C35H39F2N4O8P. The molecule has 0 atom stereocenters. The summed E-state index contributed by atoms with van der Waals surface area (Å²) in [7, 11) is -1.69. The third kappa shape index (κ3) is 8.94. The average Bonchev–Trinajstić information content (AvgIpc) is 3.91. The van der Waals surface area contributed by atoms with E-state index in [0.29, 0.717) is 66.3 Å². The van der Waals surface area contributed by atoms with Crippen LogP contribution < -0.4 is 30.2 Å². The fourth-order valence-corrected chi connectivity index (χ4v) is 6.58. The van der Waals surface area contributed by atoms with Gasteiger partial charge in [0.2, 0.25) is 11.8 Å². The van der Waals surface area contributed by atoms with Crippen molar-refractivity contribution in [1.29, 1.82) is 0 Å². The molecule has 3 aromatic carbocycles. The smallest absolute Gasteiger partial charge is 0.344 e. The van der Waals surface area contributed by atoms with Crippen molar-refractivity contribution in [3.63, 3.8) is 0 Å². The average molecular weight is 713 g/mol. The van der Waals surface area contributed by atoms with Crippen LogP contribution >= 0.6 is 7.60 Å². The largest absolute Gasteiger partial charge is 0.493 e. The van der Waals surface area contributed by atoms with Crippen LogP contribution in [-0.2, 0) is 23.2 Å². The maximum atomic E-state index is 15.3. The van der Waals surface area contributed by atoms with Gasteiger partial charge in [0.25, 0.3) is 0 Å². The number of fused-ring (bicyclic) bond motifs is 1. The van der Waals surface area contributed by atoms with Crippen molar-refractivity contribution in [2.75, 3.05) is 50.4 Å². The van der Waals surface area contributed by atoms with Crippen LogP contribution in [0.1, 0.15) is 33.1 Å². The van der Waals surface area contributed by atoms with Crippen LogP contribution in [0.25, 0.3) is 10.9 Å². The first-order chi connectivity index (χ1) is 24.1. The van der Waals surface area contributed by atoms with Gasteiger partial charge in [-0.05, 0) is 88.2 Å². The first-order valence-corrected chi connectivity index (χ1v) is 17.9. The third-order valence-corrected chi connectivity index (χ3v) is 9.74. The van der Waals surface area contributed by atoms with Crippen LogP contribution in [0.5, 0.6) is 23.0 Å². The lowest BCUT2D eigenvalue weighted by atomic mass is 10.0. The number of halogens is 2. The zero-order valence-corrected chi connectivity index (χ0v) is 28.8. The van der Waals surface area contributed by atoms with Gasteiger partial charge in [-0.2, -0.15) is 0 Å². The van der Waals surface area contributed by atoms with Crippen molar-refractivity contribution >= 4 is 41.7 Å². The van der Waals surface area contributed by atoms with E-state index in [2.05, 4.69) is 20.9 Å². The van der Waals surface area contributed by atoms with Crippen LogP contribution in [-0.4, -0.2) is 56.6 Å². The second kappa shape index (κ2) is 16.4. The van der Waals surface area contributed by atoms with Crippen molar-refractivity contribution in [1.82, 2.24) is 10.3 Å². The highest BCUT2D eigenvalue weighted by Crippen LogP contribution is 2.48. The Kier molecular flexibility index (Phi) is 12.0. The number of hydrogen-bond acceptors (Lipinski definition) is 10. The zero-order chi connectivity index (χ0) is 35.7. The standard InChI is InChI=1S/C35H39F2N4O8P/c1-4-47-50(44,48-5-2)22-38-16-6-18-46-32-20-26-28(21-31(32)45-3)39-17-13-29(26)49-30-12-11-25(19-27(30)37)41-34(43)35(14-15-35)33(42)40-24-9-7-23(36)8-10-24/h7-13,17,19-21,38H,4-6,14-16,18,22H2,1-3H3,(H,40,42)(H,41,43). The summed E-state index contributed by atoms with van der Waals surface area (Å²) in [6, 6.07) is 14.1. The van der Waals surface area contributed by atoms with E-state index in [1.54, 1.807) is 32.0 Å². The Morgan fingerprint density at radius 2 is 1.54 bits per heavy atom. The number of pyridine rings is 1. The number of aromatic nitrogens is 1. The number of benzene rings is 3. The minimum atomic E-state index is -3.20. The summed E-state index contributed by atoms with van der Waals surface area (Å²) >= 11 is 0. The van der Waals surface area contributed by atoms with E-state index in [0.717, 1.165) is 6.07 Å². The van der Waals surface area contributed by atoms with Gasteiger partial charge in [-0.25, -0.2) is 8.78 Å². The van der Waals surface area contributed by atoms with Gasteiger partial charge in [0.05, 0.1) is 38.7 Å². The Labute approximate surface area is 288 Å². The summed E-state index contributed by atoms with van der Waals surface area (Å²) in [5.41, 5.74) is -0.269. The summed E-state index contributed by atoms with van der Waals surface area (Å²) in [5.74, 6) is -1.22. The molecule has 1 aliphatic rings. The SMILES string of the molecule is CCOP(=O)(CNCCCOc1cc2c(Oc3ccc(NC(=O)C4(C(=O)Nc5ccc(F)cc5)CC4)cc3F)ccnc2cc1OC)OCC. The molecule has 266 valence electrons. The van der Waals surface area contributed by atoms with Gasteiger partial charge in [-0.1, -0.05) is 0 Å². The third-order valence-electron chi connectivity index (χ3n) is 7.83. The molecule has 0 saturated heterocycles. The molecule has 15 heteroatoms. The molecule has 4 aromatic rings. The first-order valence-electron chi connectivity index (χ1n) is 16.1. The van der Waals surface area contributed by atoms with Gasteiger partial charge >= 0.3 is 7.60 Å². The van der Waals surface area contributed by atoms with Crippen molar-refractivity contribution in [2.24, 2.45) is 5.41 Å². The molecule has 1 saturated carbocycles. The second-order valence-electron chi connectivity index (χ2n) is 11.4. The van der Waals surface area contributed by atoms with Crippen molar-refractivity contribution in [2.45, 2.75) is 33.1 Å². The summed E-state index contributed by atoms with van der Waals surface area (Å²) in [4.78, 5) is 30.3. The maximum Gasteiger partial charge on any atom is 0.344 e. The van der Waals surface area contributed by atoms with Crippen LogP contribution in [0.2, 0.25) is 0 Å². The summed E-state index contributed by atoms with van der Waals surface area (Å²) in [6.07, 6.45) is 2.82. The Hall–Kier alpha value is -4.62. The highest BCUT2D eigenvalue weighted by molar-refractivity contribution is 7.53. The fourth-order valence-electron chi connectivity index (χ4n) is 5.10. The molecule has 2 amide bonds. The number of ether oxygens (including phenoxy) is 3. The molecule has 1 aromatic heterocycles. The first kappa shape index (κ1) is 36.7. The number of methoxy groups -OCH3 is 1. The van der Waals surface area contributed by atoms with Gasteiger partial charge in [0, 0.05) is 35.1 Å². The predicted molar refractivity (Wildman–Crippen MR) is 184 cm³/mol. The second-order valence-corrected chi connectivity index (χ2v) is 13.4. The Balaban J connectivity index is 1.21. The van der Waals surface area contributed by atoms with Crippen LogP contribution in [0.3, 0.4) is 0 Å². The van der Waals surface area contributed by atoms with Crippen LogP contribution in [0, 0.1) is 17.0 Å². The van der Waals surface area contributed by atoms with Crippen molar-refractivity contribution in [3.05, 3.63) is 78.5 Å². The Morgan fingerprint density at radius 3 is 2.18 bits per heavy atom. The molecule has 0 bridgehead atoms. The minimum Gasteiger partial charge on any atom is -0.493 e. The zero-order valence-electron chi connectivity index (χ0n) is 27.9. The minimum absolute atomic E-state index is 0.0844. The number of nitrogens with zero attached hydrogens (tertiary/aromatic N) is 1. The number of hydrogen-bond donors (Lipinski definition) is 3. The van der Waals surface area contributed by atoms with Gasteiger partial charge in [-0.3, -0.25) is 19.1 Å². The van der Waals surface area contributed by atoms with Crippen LogP contribution in [0.15, 0.2) is 66.9 Å². The monoisotopic (exact) mass is 712 g/mol. The molecule has 50 heavy (non-hydrogen) atoms. The molecule has 0 aliphatic heterocycles. The normalized spacial score (nSPS) is 13.5. The number of rotatable bonds is 18. The van der Waals surface area contributed by atoms with E-state index >= 15 is 4.39 Å². The lowest BCUT2D eigenvalue weighted by molar-refractivity contribution is -0.131. The topological polar surface area (TPSA) is 146 Å². The Morgan fingerprint density at radius 1 is 0.860 bits per heavy atom. The number of carbonyl (C=O) groups excluding carboxylic acids is 2. The van der Waals surface area contributed by atoms with Crippen molar-refractivity contribution < 1.29 is 46.2 Å². The van der Waals surface area contributed by atoms with Gasteiger partial charge in [0.1, 0.15) is 17.0 Å². The molecule has 5 rings (SSSR count). The van der Waals surface area contributed by atoms with E-state index in [-0.39, 0.29) is 30.9 Å². The number of carbonyl (C=O) groups is 2. The predicted octanol–water partition coefficient (Wildman–Crippen LogP) is 7.25. The maximum absolute atomic E-state index is 15.3. The van der Waals surface area contributed by atoms with E-state index in [9.17, 15) is 18.5 Å². The van der Waals surface area contributed by atoms with E-state index in [1.165, 1.54) is 49.7 Å². The lowest BCUT2D eigenvalue weighted by Crippen LogP contribution is -2.35. The molecule has 3 N–H and O–H groups in total. The van der Waals surface area contributed by atoms with E-state index in [4.69, 9.17) is 23.3 Å². The Bertz CT molecular complexity index is 1860. The van der Waals surface area contributed by atoms with Gasteiger partial charge < -0.3 is 39.2 Å². The van der Waals surface area contributed by atoms with Gasteiger partial charge in [-0.15, -0.1) is 0 Å². The number of anilines is 2. The van der Waals surface area contributed by atoms with E-state index in [1.807, 2.05) is 0 Å². The molecule has 12 nitrogen and oxygen atoms in total.